The molecule has 0 saturated carbocycles. The molecule has 0 spiro atoms. The summed E-state index contributed by atoms with van der Waals surface area (Å²) in [6.07, 6.45) is 1.87. The van der Waals surface area contributed by atoms with Gasteiger partial charge in [-0.05, 0) is 12.8 Å². The average Bonchev–Trinajstić information content (AvgIpc) is 1.98. The lowest BCUT2D eigenvalue weighted by Crippen LogP contribution is -2.13. The van der Waals surface area contributed by atoms with Crippen LogP contribution in [0.4, 0.5) is 0 Å². The molecule has 0 rings (SSSR count). The second-order valence-electron chi connectivity index (χ2n) is 2.33. The summed E-state index contributed by atoms with van der Waals surface area (Å²) in [5.41, 5.74) is 0. The predicted molar refractivity (Wildman–Crippen MR) is 43.4 cm³/mol. The maximum atomic E-state index is 9.17. The number of aliphatic hydroxyl groups excluding tert-OH is 1. The van der Waals surface area contributed by atoms with Gasteiger partial charge in [-0.15, -0.1) is 18.4 Å². The summed E-state index contributed by atoms with van der Waals surface area (Å²) < 4.78 is 0. The van der Waals surface area contributed by atoms with Gasteiger partial charge in [-0.25, -0.2) is 0 Å². The van der Waals surface area contributed by atoms with E-state index in [1.165, 1.54) is 0 Å². The molecule has 1 nitrogen and oxygen atoms in total. The molecular formula is C9H14O. The fourth-order valence-corrected chi connectivity index (χ4v) is 0.616. The SMILES string of the molecule is C=C[C@@H](O)C(C)CC#CC. The predicted octanol–water partition coefficient (Wildman–Crippen LogP) is 1.58. The number of rotatable bonds is 3. The third-order valence-corrected chi connectivity index (χ3v) is 1.43. The molecule has 0 aromatic heterocycles. The highest BCUT2D eigenvalue weighted by Gasteiger charge is 2.07. The zero-order chi connectivity index (χ0) is 7.98. The summed E-state index contributed by atoms with van der Waals surface area (Å²) in [5.74, 6) is 5.89. The van der Waals surface area contributed by atoms with E-state index in [1.807, 2.05) is 6.92 Å². The van der Waals surface area contributed by atoms with Crippen LogP contribution in [-0.2, 0) is 0 Å². The molecule has 0 saturated heterocycles. The van der Waals surface area contributed by atoms with Crippen molar-refractivity contribution in [1.29, 1.82) is 0 Å². The molecule has 1 unspecified atom stereocenters. The zero-order valence-electron chi connectivity index (χ0n) is 6.59. The molecule has 0 aromatic carbocycles. The maximum Gasteiger partial charge on any atom is 0.0752 e. The van der Waals surface area contributed by atoms with Gasteiger partial charge in [0, 0.05) is 6.42 Å². The van der Waals surface area contributed by atoms with Crippen molar-refractivity contribution in [3.63, 3.8) is 0 Å². The topological polar surface area (TPSA) is 20.2 Å². The molecule has 0 heterocycles. The van der Waals surface area contributed by atoms with Crippen molar-refractivity contribution in [2.75, 3.05) is 0 Å². The van der Waals surface area contributed by atoms with Crippen LogP contribution in [0.3, 0.4) is 0 Å². The normalized spacial score (nSPS) is 14.7. The Morgan fingerprint density at radius 1 is 1.70 bits per heavy atom. The Morgan fingerprint density at radius 2 is 2.30 bits per heavy atom. The van der Waals surface area contributed by atoms with Crippen LogP contribution in [0.2, 0.25) is 0 Å². The lowest BCUT2D eigenvalue weighted by molar-refractivity contribution is 0.165. The Labute approximate surface area is 62.8 Å². The molecule has 0 aliphatic rings. The Morgan fingerprint density at radius 3 is 2.70 bits per heavy atom. The summed E-state index contributed by atoms with van der Waals surface area (Å²) in [7, 11) is 0. The van der Waals surface area contributed by atoms with Gasteiger partial charge in [0.15, 0.2) is 0 Å². The number of aliphatic hydroxyl groups is 1. The van der Waals surface area contributed by atoms with Crippen LogP contribution >= 0.6 is 0 Å². The fraction of sp³-hybridized carbons (Fsp3) is 0.556. The summed E-state index contributed by atoms with van der Waals surface area (Å²) in [6, 6.07) is 0. The van der Waals surface area contributed by atoms with Crippen molar-refractivity contribution in [3.05, 3.63) is 12.7 Å². The molecule has 0 radical (unpaired) electrons. The van der Waals surface area contributed by atoms with E-state index in [0.29, 0.717) is 0 Å². The van der Waals surface area contributed by atoms with Gasteiger partial charge in [-0.2, -0.15) is 0 Å². The van der Waals surface area contributed by atoms with Crippen LogP contribution in [0.1, 0.15) is 20.3 Å². The summed E-state index contributed by atoms with van der Waals surface area (Å²) in [5, 5.41) is 9.17. The van der Waals surface area contributed by atoms with Crippen molar-refractivity contribution in [2.45, 2.75) is 26.4 Å². The standard InChI is InChI=1S/C9H14O/c1-4-6-7-8(3)9(10)5-2/h5,8-10H,2,7H2,1,3H3/t8?,9-/m1/s1. The average molecular weight is 138 g/mol. The first-order valence-corrected chi connectivity index (χ1v) is 3.42. The molecule has 1 heteroatoms. The van der Waals surface area contributed by atoms with Gasteiger partial charge < -0.3 is 5.11 Å². The lowest BCUT2D eigenvalue weighted by atomic mass is 10.0. The Bertz CT molecular complexity index is 150. The quantitative estimate of drug-likeness (QED) is 0.463. The molecule has 0 aromatic rings. The van der Waals surface area contributed by atoms with Gasteiger partial charge in [0.2, 0.25) is 0 Å². The van der Waals surface area contributed by atoms with E-state index in [1.54, 1.807) is 13.0 Å². The fourth-order valence-electron chi connectivity index (χ4n) is 0.616. The summed E-state index contributed by atoms with van der Waals surface area (Å²) in [6.45, 7) is 7.25. The Kier molecular flexibility index (Phi) is 4.70. The van der Waals surface area contributed by atoms with Crippen molar-refractivity contribution < 1.29 is 5.11 Å². The van der Waals surface area contributed by atoms with Crippen LogP contribution in [0.15, 0.2) is 12.7 Å². The van der Waals surface area contributed by atoms with Crippen LogP contribution in [-0.4, -0.2) is 11.2 Å². The molecule has 2 atom stereocenters. The molecule has 56 valence electrons. The van der Waals surface area contributed by atoms with Crippen molar-refractivity contribution >= 4 is 0 Å². The van der Waals surface area contributed by atoms with Gasteiger partial charge in [0.1, 0.15) is 0 Å². The van der Waals surface area contributed by atoms with Crippen LogP contribution in [0.5, 0.6) is 0 Å². The minimum Gasteiger partial charge on any atom is -0.389 e. The first kappa shape index (κ1) is 9.26. The number of hydrogen-bond acceptors (Lipinski definition) is 1. The lowest BCUT2D eigenvalue weighted by Gasteiger charge is -2.10. The Hall–Kier alpha value is -0.740. The minimum atomic E-state index is -0.416. The highest BCUT2D eigenvalue weighted by atomic mass is 16.3. The molecule has 0 bridgehead atoms. The van der Waals surface area contributed by atoms with Crippen LogP contribution in [0, 0.1) is 17.8 Å². The third-order valence-electron chi connectivity index (χ3n) is 1.43. The van der Waals surface area contributed by atoms with Crippen molar-refractivity contribution in [3.8, 4) is 11.8 Å². The second kappa shape index (κ2) is 5.08. The van der Waals surface area contributed by atoms with E-state index < -0.39 is 6.10 Å². The molecule has 0 aliphatic heterocycles. The van der Waals surface area contributed by atoms with Gasteiger partial charge in [0.05, 0.1) is 6.10 Å². The summed E-state index contributed by atoms with van der Waals surface area (Å²) >= 11 is 0. The molecule has 0 aliphatic carbocycles. The first-order valence-electron chi connectivity index (χ1n) is 3.42. The zero-order valence-corrected chi connectivity index (χ0v) is 6.59. The van der Waals surface area contributed by atoms with Crippen LogP contribution in [0.25, 0.3) is 0 Å². The van der Waals surface area contributed by atoms with E-state index >= 15 is 0 Å². The summed E-state index contributed by atoms with van der Waals surface area (Å²) in [4.78, 5) is 0. The van der Waals surface area contributed by atoms with E-state index in [9.17, 15) is 0 Å². The van der Waals surface area contributed by atoms with E-state index in [2.05, 4.69) is 18.4 Å². The van der Waals surface area contributed by atoms with Gasteiger partial charge in [0.25, 0.3) is 0 Å². The van der Waals surface area contributed by atoms with Crippen molar-refractivity contribution in [2.24, 2.45) is 5.92 Å². The van der Waals surface area contributed by atoms with Crippen LogP contribution < -0.4 is 0 Å². The molecular weight excluding hydrogens is 124 g/mol. The number of hydrogen-bond donors (Lipinski definition) is 1. The largest absolute Gasteiger partial charge is 0.389 e. The second-order valence-corrected chi connectivity index (χ2v) is 2.33. The van der Waals surface area contributed by atoms with Gasteiger partial charge >= 0.3 is 0 Å². The molecule has 10 heavy (non-hydrogen) atoms. The Balaban J connectivity index is 3.67. The minimum absolute atomic E-state index is 0.199. The van der Waals surface area contributed by atoms with E-state index in [4.69, 9.17) is 5.11 Å². The van der Waals surface area contributed by atoms with E-state index in [0.717, 1.165) is 6.42 Å². The molecule has 0 fully saturated rings. The monoisotopic (exact) mass is 138 g/mol. The van der Waals surface area contributed by atoms with Gasteiger partial charge in [-0.3, -0.25) is 0 Å². The molecule has 0 amide bonds. The molecule has 1 N–H and O–H groups in total. The first-order chi connectivity index (χ1) is 4.72. The van der Waals surface area contributed by atoms with Gasteiger partial charge in [-0.1, -0.05) is 13.0 Å². The van der Waals surface area contributed by atoms with Crippen molar-refractivity contribution in [1.82, 2.24) is 0 Å². The smallest absolute Gasteiger partial charge is 0.0752 e. The maximum absolute atomic E-state index is 9.17. The van der Waals surface area contributed by atoms with E-state index in [-0.39, 0.29) is 5.92 Å². The highest BCUT2D eigenvalue weighted by Crippen LogP contribution is 2.07. The highest BCUT2D eigenvalue weighted by molar-refractivity contribution is 4.98. The third kappa shape index (κ3) is 3.32.